The smallest absolute Gasteiger partial charge is 0.263 e. The van der Waals surface area contributed by atoms with E-state index in [1.807, 2.05) is 36.4 Å². The molecule has 4 aromatic rings. The van der Waals surface area contributed by atoms with E-state index in [9.17, 15) is 13.2 Å². The van der Waals surface area contributed by atoms with Gasteiger partial charge in [0.15, 0.2) is 5.82 Å². The lowest BCUT2D eigenvalue weighted by atomic mass is 10.1. The summed E-state index contributed by atoms with van der Waals surface area (Å²) in [5, 5.41) is 7.94. The molecule has 0 spiro atoms. The molecule has 0 saturated heterocycles. The molecule has 0 atom stereocenters. The van der Waals surface area contributed by atoms with E-state index in [0.29, 0.717) is 35.5 Å². The number of anilines is 1. The molecule has 0 aliphatic carbocycles. The normalized spacial score (nSPS) is 11.3. The Hall–Kier alpha value is -4.05. The Balaban J connectivity index is 1.70. The van der Waals surface area contributed by atoms with Gasteiger partial charge < -0.3 is 14.8 Å². The molecule has 2 N–H and O–H groups in total. The van der Waals surface area contributed by atoms with Crippen molar-refractivity contribution in [1.29, 1.82) is 0 Å². The second-order valence-corrected chi connectivity index (χ2v) is 9.55. The third-order valence-corrected chi connectivity index (χ3v) is 6.78. The number of amides is 1. The van der Waals surface area contributed by atoms with Crippen LogP contribution in [0.2, 0.25) is 0 Å². The highest BCUT2D eigenvalue weighted by molar-refractivity contribution is 7.92. The van der Waals surface area contributed by atoms with Gasteiger partial charge in [0.05, 0.1) is 36.6 Å². The Bertz CT molecular complexity index is 1460. The lowest BCUT2D eigenvalue weighted by Gasteiger charge is -2.08. The van der Waals surface area contributed by atoms with Crippen LogP contribution in [0.25, 0.3) is 10.9 Å². The zero-order valence-corrected chi connectivity index (χ0v) is 20.4. The maximum atomic E-state index is 13.1. The molecule has 35 heavy (non-hydrogen) atoms. The molecule has 0 saturated carbocycles. The first kappa shape index (κ1) is 24.1. The van der Waals surface area contributed by atoms with E-state index in [1.165, 1.54) is 33.3 Å². The van der Waals surface area contributed by atoms with Gasteiger partial charge in [-0.2, -0.15) is 5.10 Å². The number of nitrogens with zero attached hydrogens (tertiary/aromatic N) is 2. The van der Waals surface area contributed by atoms with Gasteiger partial charge in [0, 0.05) is 13.5 Å². The fourth-order valence-corrected chi connectivity index (χ4v) is 4.75. The highest BCUT2D eigenvalue weighted by Crippen LogP contribution is 2.34. The van der Waals surface area contributed by atoms with Crippen LogP contribution >= 0.6 is 0 Å². The van der Waals surface area contributed by atoms with Crippen LogP contribution in [-0.4, -0.2) is 38.3 Å². The van der Waals surface area contributed by atoms with Crippen LogP contribution in [0.1, 0.15) is 18.1 Å². The molecular formula is C25H26N4O5S. The summed E-state index contributed by atoms with van der Waals surface area (Å²) in [6.45, 7) is 2.28. The highest BCUT2D eigenvalue weighted by Gasteiger charge is 2.21. The Kier molecular flexibility index (Phi) is 6.92. The number of benzene rings is 3. The van der Waals surface area contributed by atoms with Crippen molar-refractivity contribution in [3.8, 4) is 11.5 Å². The molecule has 3 aromatic carbocycles. The predicted molar refractivity (Wildman–Crippen MR) is 133 cm³/mol. The number of hydrogen-bond donors (Lipinski definition) is 2. The van der Waals surface area contributed by atoms with E-state index in [-0.39, 0.29) is 16.6 Å². The highest BCUT2D eigenvalue weighted by atomic mass is 32.2. The molecule has 0 unspecified atom stereocenters. The summed E-state index contributed by atoms with van der Waals surface area (Å²) in [5.74, 6) is 1.12. The maximum Gasteiger partial charge on any atom is 0.263 e. The Morgan fingerprint density at radius 1 is 0.971 bits per heavy atom. The van der Waals surface area contributed by atoms with Crippen LogP contribution in [-0.2, 0) is 27.9 Å². The largest absolute Gasteiger partial charge is 0.497 e. The number of fused-ring (bicyclic) bond motifs is 1. The van der Waals surface area contributed by atoms with Crippen molar-refractivity contribution in [1.82, 2.24) is 15.1 Å². The lowest BCUT2D eigenvalue weighted by Crippen LogP contribution is -2.19. The van der Waals surface area contributed by atoms with E-state index >= 15 is 0 Å². The summed E-state index contributed by atoms with van der Waals surface area (Å²) in [6, 6.07) is 19.3. The van der Waals surface area contributed by atoms with Gasteiger partial charge in [-0.05, 0) is 47.5 Å². The summed E-state index contributed by atoms with van der Waals surface area (Å²) < 4.78 is 41.2. The average Bonchev–Trinajstić information content (AvgIpc) is 3.19. The van der Waals surface area contributed by atoms with Crippen molar-refractivity contribution in [3.05, 3.63) is 77.9 Å². The van der Waals surface area contributed by atoms with Crippen molar-refractivity contribution >= 4 is 32.7 Å². The third kappa shape index (κ3) is 5.38. The average molecular weight is 495 g/mol. The minimum absolute atomic E-state index is 0.0848. The second-order valence-electron chi connectivity index (χ2n) is 7.87. The third-order valence-electron chi connectivity index (χ3n) is 5.43. The molecule has 0 fully saturated rings. The molecule has 0 aliphatic rings. The van der Waals surface area contributed by atoms with Crippen molar-refractivity contribution in [2.45, 2.75) is 24.9 Å². The molecule has 1 heterocycles. The fourth-order valence-electron chi connectivity index (χ4n) is 3.74. The molecule has 182 valence electrons. The molecule has 0 aliphatic heterocycles. The fraction of sp³-hybridized carbons (Fsp3) is 0.200. The van der Waals surface area contributed by atoms with E-state index in [0.717, 1.165) is 11.1 Å². The SMILES string of the molecule is COc1ccc(S(=O)(=O)Nc2nn(Cc3cccc(CNC(C)=O)c3)c3cccc(OC)c23)cc1. The van der Waals surface area contributed by atoms with E-state index < -0.39 is 10.0 Å². The standard InChI is InChI=1S/C25H26N4O5S/c1-17(30)26-15-18-6-4-7-19(14-18)16-29-22-8-5-9-23(34-3)24(22)25(27-29)28-35(31,32)21-12-10-20(33-2)11-13-21/h4-14H,15-16H2,1-3H3,(H,26,30)(H,27,28). The van der Waals surface area contributed by atoms with Crippen molar-refractivity contribution < 1.29 is 22.7 Å². The van der Waals surface area contributed by atoms with Gasteiger partial charge in [-0.3, -0.25) is 14.2 Å². The first-order chi connectivity index (χ1) is 16.8. The molecule has 1 amide bonds. The molecule has 9 nitrogen and oxygen atoms in total. The number of aromatic nitrogens is 2. The number of ether oxygens (including phenoxy) is 2. The number of hydrogen-bond acceptors (Lipinski definition) is 6. The van der Waals surface area contributed by atoms with Crippen LogP contribution in [0.4, 0.5) is 5.82 Å². The van der Waals surface area contributed by atoms with Crippen LogP contribution in [0.5, 0.6) is 11.5 Å². The number of carbonyl (C=O) groups is 1. The van der Waals surface area contributed by atoms with Gasteiger partial charge >= 0.3 is 0 Å². The zero-order valence-electron chi connectivity index (χ0n) is 19.6. The lowest BCUT2D eigenvalue weighted by molar-refractivity contribution is -0.119. The van der Waals surface area contributed by atoms with Gasteiger partial charge in [0.2, 0.25) is 5.91 Å². The minimum atomic E-state index is -3.91. The number of nitrogens with one attached hydrogen (secondary N) is 2. The van der Waals surface area contributed by atoms with E-state index in [2.05, 4.69) is 15.1 Å². The van der Waals surface area contributed by atoms with E-state index in [1.54, 1.807) is 22.9 Å². The Morgan fingerprint density at radius 3 is 2.37 bits per heavy atom. The summed E-state index contributed by atoms with van der Waals surface area (Å²) in [7, 11) is -0.870. The van der Waals surface area contributed by atoms with Gasteiger partial charge in [-0.15, -0.1) is 0 Å². The van der Waals surface area contributed by atoms with Crippen LogP contribution in [0.15, 0.2) is 71.6 Å². The van der Waals surface area contributed by atoms with Gasteiger partial charge in [-0.25, -0.2) is 8.42 Å². The Morgan fingerprint density at radius 2 is 1.69 bits per heavy atom. The number of sulfonamides is 1. The predicted octanol–water partition coefficient (Wildman–Crippen LogP) is 3.54. The number of rotatable bonds is 9. The van der Waals surface area contributed by atoms with Crippen molar-refractivity contribution in [2.24, 2.45) is 0 Å². The molecule has 0 radical (unpaired) electrons. The Labute approximate surface area is 203 Å². The summed E-state index contributed by atoms with van der Waals surface area (Å²) in [4.78, 5) is 11.3. The van der Waals surface area contributed by atoms with Crippen LogP contribution < -0.4 is 19.5 Å². The first-order valence-corrected chi connectivity index (χ1v) is 12.3. The maximum absolute atomic E-state index is 13.1. The number of methoxy groups -OCH3 is 2. The first-order valence-electron chi connectivity index (χ1n) is 10.8. The summed E-state index contributed by atoms with van der Waals surface area (Å²) in [6.07, 6.45) is 0. The van der Waals surface area contributed by atoms with E-state index in [4.69, 9.17) is 9.47 Å². The second kappa shape index (κ2) is 10.1. The van der Waals surface area contributed by atoms with Gasteiger partial charge in [-0.1, -0.05) is 30.3 Å². The molecule has 1 aromatic heterocycles. The summed E-state index contributed by atoms with van der Waals surface area (Å²) in [5.41, 5.74) is 2.61. The van der Waals surface area contributed by atoms with Crippen LogP contribution in [0, 0.1) is 0 Å². The monoisotopic (exact) mass is 494 g/mol. The van der Waals surface area contributed by atoms with Crippen molar-refractivity contribution in [3.63, 3.8) is 0 Å². The topological polar surface area (TPSA) is 112 Å². The quantitative estimate of drug-likeness (QED) is 0.368. The van der Waals surface area contributed by atoms with Crippen molar-refractivity contribution in [2.75, 3.05) is 18.9 Å². The molecule has 0 bridgehead atoms. The van der Waals surface area contributed by atoms with Gasteiger partial charge in [0.1, 0.15) is 11.5 Å². The molecule has 10 heteroatoms. The number of carbonyl (C=O) groups excluding carboxylic acids is 1. The van der Waals surface area contributed by atoms with Crippen LogP contribution in [0.3, 0.4) is 0 Å². The molecule has 4 rings (SSSR count). The minimum Gasteiger partial charge on any atom is -0.497 e. The summed E-state index contributed by atoms with van der Waals surface area (Å²) >= 11 is 0. The zero-order chi connectivity index (χ0) is 25.0. The van der Waals surface area contributed by atoms with Gasteiger partial charge in [0.25, 0.3) is 10.0 Å². The molecular weight excluding hydrogens is 468 g/mol.